The zero-order valence-electron chi connectivity index (χ0n) is 19.4. The molecule has 0 aliphatic rings. The van der Waals surface area contributed by atoms with Crippen molar-refractivity contribution in [2.45, 2.75) is 12.4 Å². The molecule has 0 radical (unpaired) electrons. The summed E-state index contributed by atoms with van der Waals surface area (Å²) in [7, 11) is 0. The van der Waals surface area contributed by atoms with Crippen molar-refractivity contribution in [1.82, 2.24) is 0 Å². The molecule has 3 nitrogen and oxygen atoms in total. The molecule has 0 bridgehead atoms. The van der Waals surface area contributed by atoms with E-state index in [-0.39, 0.29) is 5.75 Å². The molecular formula is C29H19F6NO2. The van der Waals surface area contributed by atoms with Gasteiger partial charge in [-0.2, -0.15) is 26.3 Å². The minimum atomic E-state index is -4.55. The fourth-order valence-electron chi connectivity index (χ4n) is 3.81. The van der Waals surface area contributed by atoms with Gasteiger partial charge in [0.15, 0.2) is 0 Å². The molecule has 0 aliphatic carbocycles. The number of anilines is 1. The SMILES string of the molecule is O=C(C=CC=C(c1ccc(C(F)(F)F)cc1)c1ccc(C(F)(F)F)cc1)Nc1cccc2ccc(O)cc12. The van der Waals surface area contributed by atoms with Gasteiger partial charge in [0.25, 0.3) is 0 Å². The molecule has 4 aromatic rings. The summed E-state index contributed by atoms with van der Waals surface area (Å²) >= 11 is 0. The third-order valence-corrected chi connectivity index (χ3v) is 5.68. The van der Waals surface area contributed by atoms with Gasteiger partial charge in [0.1, 0.15) is 5.75 Å². The molecule has 0 unspecified atom stereocenters. The second-order valence-corrected chi connectivity index (χ2v) is 8.29. The van der Waals surface area contributed by atoms with Gasteiger partial charge in [-0.1, -0.05) is 54.6 Å². The van der Waals surface area contributed by atoms with E-state index in [0.717, 1.165) is 29.7 Å². The largest absolute Gasteiger partial charge is 0.508 e. The molecule has 9 heteroatoms. The maximum atomic E-state index is 13.0. The van der Waals surface area contributed by atoms with Crippen LogP contribution in [0.25, 0.3) is 16.3 Å². The summed E-state index contributed by atoms with van der Waals surface area (Å²) in [5.74, 6) is -0.508. The van der Waals surface area contributed by atoms with Crippen LogP contribution in [0, 0.1) is 0 Å². The highest BCUT2D eigenvalue weighted by Crippen LogP contribution is 2.34. The first-order chi connectivity index (χ1) is 17.9. The highest BCUT2D eigenvalue weighted by molar-refractivity contribution is 6.06. The van der Waals surface area contributed by atoms with Crippen LogP contribution in [-0.2, 0) is 17.1 Å². The number of allylic oxidation sites excluding steroid dienone is 2. The van der Waals surface area contributed by atoms with Crippen LogP contribution in [0.1, 0.15) is 22.3 Å². The summed E-state index contributed by atoms with van der Waals surface area (Å²) in [5.41, 5.74) is -0.359. The number of hydrogen-bond acceptors (Lipinski definition) is 2. The van der Waals surface area contributed by atoms with Crippen LogP contribution >= 0.6 is 0 Å². The Bertz CT molecular complexity index is 1460. The molecule has 0 aliphatic heterocycles. The molecule has 1 amide bonds. The standard InChI is InChI=1S/C29H19F6NO2/c30-28(31,32)21-12-7-19(8-13-21)24(20-9-14-22(15-10-20)29(33,34)35)4-2-6-27(38)36-26-5-1-3-18-11-16-23(37)17-25(18)26/h1-17,37H,(H,36,38). The third-order valence-electron chi connectivity index (χ3n) is 5.68. The van der Waals surface area contributed by atoms with E-state index in [1.165, 1.54) is 54.6 Å². The summed E-state index contributed by atoms with van der Waals surface area (Å²) in [6.45, 7) is 0. The Hall–Kier alpha value is -4.53. The van der Waals surface area contributed by atoms with Crippen molar-refractivity contribution in [2.24, 2.45) is 0 Å². The number of carbonyl (C=O) groups excluding carboxylic acids is 1. The number of phenolic OH excluding ortho intramolecular Hbond substituents is 1. The maximum absolute atomic E-state index is 13.0. The number of carbonyl (C=O) groups is 1. The Labute approximate surface area is 213 Å². The number of fused-ring (bicyclic) bond motifs is 1. The molecule has 194 valence electrons. The molecule has 2 N–H and O–H groups in total. The normalized spacial score (nSPS) is 12.1. The first-order valence-corrected chi connectivity index (χ1v) is 11.2. The number of halogens is 6. The zero-order valence-corrected chi connectivity index (χ0v) is 19.4. The molecule has 0 saturated carbocycles. The maximum Gasteiger partial charge on any atom is 0.416 e. The predicted molar refractivity (Wildman–Crippen MR) is 133 cm³/mol. The van der Waals surface area contributed by atoms with Gasteiger partial charge in [-0.15, -0.1) is 0 Å². The van der Waals surface area contributed by atoms with E-state index in [2.05, 4.69) is 5.32 Å². The first kappa shape index (κ1) is 26.5. The van der Waals surface area contributed by atoms with Gasteiger partial charge >= 0.3 is 12.4 Å². The van der Waals surface area contributed by atoms with Crippen LogP contribution in [0.15, 0.2) is 103 Å². The summed E-state index contributed by atoms with van der Waals surface area (Å²) in [6, 6.07) is 18.2. The Kier molecular flexibility index (Phi) is 7.30. The van der Waals surface area contributed by atoms with Crippen LogP contribution in [-0.4, -0.2) is 11.0 Å². The van der Waals surface area contributed by atoms with E-state index in [1.807, 2.05) is 6.07 Å². The third kappa shape index (κ3) is 6.23. The number of nitrogens with one attached hydrogen (secondary N) is 1. The highest BCUT2D eigenvalue weighted by Gasteiger charge is 2.31. The number of amides is 1. The van der Waals surface area contributed by atoms with Gasteiger partial charge in [0.05, 0.1) is 11.1 Å². The number of aromatic hydroxyl groups is 1. The Balaban J connectivity index is 1.64. The second kappa shape index (κ2) is 10.5. The van der Waals surface area contributed by atoms with Crippen molar-refractivity contribution in [1.29, 1.82) is 0 Å². The van der Waals surface area contributed by atoms with Crippen LogP contribution in [0.3, 0.4) is 0 Å². The number of rotatable bonds is 5. The molecule has 0 heterocycles. The zero-order chi connectivity index (χ0) is 27.5. The van der Waals surface area contributed by atoms with Crippen molar-refractivity contribution in [3.8, 4) is 5.75 Å². The molecule has 0 spiro atoms. The molecule has 0 atom stereocenters. The van der Waals surface area contributed by atoms with Crippen molar-refractivity contribution in [2.75, 3.05) is 5.32 Å². The average Bonchev–Trinajstić information content (AvgIpc) is 2.86. The molecule has 0 fully saturated rings. The van der Waals surface area contributed by atoms with Gasteiger partial charge < -0.3 is 10.4 Å². The monoisotopic (exact) mass is 527 g/mol. The van der Waals surface area contributed by atoms with E-state index in [4.69, 9.17) is 0 Å². The van der Waals surface area contributed by atoms with Crippen LogP contribution in [0.2, 0.25) is 0 Å². The van der Waals surface area contributed by atoms with E-state index >= 15 is 0 Å². The molecule has 0 saturated heterocycles. The van der Waals surface area contributed by atoms with E-state index < -0.39 is 29.4 Å². The number of alkyl halides is 6. The van der Waals surface area contributed by atoms with Crippen molar-refractivity contribution in [3.63, 3.8) is 0 Å². The lowest BCUT2D eigenvalue weighted by molar-refractivity contribution is -0.138. The predicted octanol–water partition coefficient (Wildman–Crippen LogP) is 8.21. The minimum Gasteiger partial charge on any atom is -0.508 e. The Morgan fingerprint density at radius 2 is 1.29 bits per heavy atom. The van der Waals surface area contributed by atoms with E-state index in [9.17, 15) is 36.2 Å². The smallest absolute Gasteiger partial charge is 0.416 e. The van der Waals surface area contributed by atoms with Gasteiger partial charge in [-0.3, -0.25) is 4.79 Å². The summed E-state index contributed by atoms with van der Waals surface area (Å²) in [4.78, 5) is 12.6. The minimum absolute atomic E-state index is 0.0235. The van der Waals surface area contributed by atoms with Gasteiger partial charge in [0.2, 0.25) is 5.91 Å². The number of phenols is 1. The molecule has 38 heavy (non-hydrogen) atoms. The van der Waals surface area contributed by atoms with E-state index in [0.29, 0.717) is 27.8 Å². The van der Waals surface area contributed by atoms with Crippen molar-refractivity contribution in [3.05, 3.63) is 125 Å². The quantitative estimate of drug-likeness (QED) is 0.156. The van der Waals surface area contributed by atoms with Gasteiger partial charge in [-0.25, -0.2) is 0 Å². The second-order valence-electron chi connectivity index (χ2n) is 8.29. The number of hydrogen-bond donors (Lipinski definition) is 2. The first-order valence-electron chi connectivity index (χ1n) is 11.2. The topological polar surface area (TPSA) is 49.3 Å². The van der Waals surface area contributed by atoms with Gasteiger partial charge in [0, 0.05) is 17.1 Å². The molecular weight excluding hydrogens is 508 g/mol. The van der Waals surface area contributed by atoms with Crippen LogP contribution < -0.4 is 5.32 Å². The van der Waals surface area contributed by atoms with E-state index in [1.54, 1.807) is 18.2 Å². The summed E-state index contributed by atoms with van der Waals surface area (Å²) < 4.78 is 78.0. The molecule has 4 aromatic carbocycles. The Morgan fingerprint density at radius 1 is 0.737 bits per heavy atom. The lowest BCUT2D eigenvalue weighted by Crippen LogP contribution is -2.08. The fraction of sp³-hybridized carbons (Fsp3) is 0.0690. The number of benzene rings is 4. The molecule has 4 rings (SSSR count). The van der Waals surface area contributed by atoms with Crippen molar-refractivity contribution < 1.29 is 36.2 Å². The average molecular weight is 527 g/mol. The highest BCUT2D eigenvalue weighted by atomic mass is 19.4. The molecule has 0 aromatic heterocycles. The summed E-state index contributed by atoms with van der Waals surface area (Å²) in [5, 5.41) is 13.9. The van der Waals surface area contributed by atoms with Gasteiger partial charge in [-0.05, 0) is 64.6 Å². The van der Waals surface area contributed by atoms with Crippen LogP contribution in [0.5, 0.6) is 5.75 Å². The lowest BCUT2D eigenvalue weighted by atomic mass is 9.95. The van der Waals surface area contributed by atoms with Crippen molar-refractivity contribution >= 4 is 27.9 Å². The Morgan fingerprint density at radius 3 is 1.82 bits per heavy atom. The van der Waals surface area contributed by atoms with Crippen LogP contribution in [0.4, 0.5) is 32.0 Å². The lowest BCUT2D eigenvalue weighted by Gasteiger charge is -2.12. The summed E-state index contributed by atoms with van der Waals surface area (Å²) in [6.07, 6.45) is -5.14. The fourth-order valence-corrected chi connectivity index (χ4v) is 3.81.